The minimum absolute atomic E-state index is 0.187. The average Bonchev–Trinajstić information content (AvgIpc) is 2.85. The maximum absolute atomic E-state index is 10.5. The minimum atomic E-state index is 0.187. The van der Waals surface area contributed by atoms with Crippen LogP contribution in [0.25, 0.3) is 0 Å². The van der Waals surface area contributed by atoms with Crippen LogP contribution >= 0.6 is 0 Å². The van der Waals surface area contributed by atoms with E-state index in [4.69, 9.17) is 0 Å². The molecule has 6 heteroatoms. The third-order valence-corrected chi connectivity index (χ3v) is 5.88. The van der Waals surface area contributed by atoms with Gasteiger partial charge in [0.05, 0.1) is 22.5 Å². The smallest absolute Gasteiger partial charge is 0.126 e. The quantitative estimate of drug-likeness (QED) is 0.350. The maximum Gasteiger partial charge on any atom is 0.126 e. The predicted octanol–water partition coefficient (Wildman–Crippen LogP) is 6.29. The van der Waals surface area contributed by atoms with Gasteiger partial charge in [0.15, 0.2) is 0 Å². The van der Waals surface area contributed by atoms with Crippen molar-refractivity contribution in [2.24, 2.45) is 9.98 Å². The minimum Gasteiger partial charge on any atom is -0.507 e. The summed E-state index contributed by atoms with van der Waals surface area (Å²) in [5, 5.41) is 21.0. The lowest BCUT2D eigenvalue weighted by atomic mass is 10.1. The van der Waals surface area contributed by atoms with Crippen molar-refractivity contribution < 1.29 is 10.2 Å². The number of rotatable bonds is 10. The van der Waals surface area contributed by atoms with Crippen LogP contribution in [-0.2, 0) is 0 Å². The zero-order valence-corrected chi connectivity index (χ0v) is 20.4. The average molecular weight is 459 g/mol. The molecule has 0 aliphatic carbocycles. The third-order valence-electron chi connectivity index (χ3n) is 5.88. The van der Waals surface area contributed by atoms with Gasteiger partial charge in [0.25, 0.3) is 0 Å². The molecule has 0 saturated carbocycles. The van der Waals surface area contributed by atoms with Crippen LogP contribution in [0.3, 0.4) is 0 Å². The Balaban J connectivity index is 1.99. The summed E-state index contributed by atoms with van der Waals surface area (Å²) in [6.07, 6.45) is 3.39. The molecule has 6 nitrogen and oxygen atoms in total. The molecule has 0 unspecified atom stereocenters. The summed E-state index contributed by atoms with van der Waals surface area (Å²) in [6.45, 7) is 11.7. The topological polar surface area (TPSA) is 71.7 Å². The molecule has 0 radical (unpaired) electrons. The van der Waals surface area contributed by atoms with Crippen molar-refractivity contribution in [3.63, 3.8) is 0 Å². The van der Waals surface area contributed by atoms with Gasteiger partial charge < -0.3 is 20.0 Å². The van der Waals surface area contributed by atoms with E-state index in [1.807, 2.05) is 48.5 Å². The van der Waals surface area contributed by atoms with E-state index in [0.717, 1.165) is 37.6 Å². The Bertz CT molecular complexity index is 1060. The molecule has 0 atom stereocenters. The molecule has 0 amide bonds. The van der Waals surface area contributed by atoms with Gasteiger partial charge in [-0.2, -0.15) is 0 Å². The highest BCUT2D eigenvalue weighted by atomic mass is 16.3. The van der Waals surface area contributed by atoms with Gasteiger partial charge in [0.1, 0.15) is 11.5 Å². The number of hydrogen-bond acceptors (Lipinski definition) is 6. The van der Waals surface area contributed by atoms with Crippen LogP contribution in [0.5, 0.6) is 11.5 Å². The van der Waals surface area contributed by atoms with E-state index in [1.54, 1.807) is 24.6 Å². The van der Waals surface area contributed by atoms with Crippen molar-refractivity contribution in [1.29, 1.82) is 0 Å². The second-order valence-corrected chi connectivity index (χ2v) is 7.77. The van der Waals surface area contributed by atoms with E-state index in [-0.39, 0.29) is 11.5 Å². The molecule has 0 aliphatic heterocycles. The van der Waals surface area contributed by atoms with Crippen molar-refractivity contribution in [2.75, 3.05) is 36.0 Å². The summed E-state index contributed by atoms with van der Waals surface area (Å²) < 4.78 is 0. The van der Waals surface area contributed by atoms with Gasteiger partial charge >= 0.3 is 0 Å². The van der Waals surface area contributed by atoms with Crippen molar-refractivity contribution in [2.45, 2.75) is 27.7 Å². The van der Waals surface area contributed by atoms with E-state index < -0.39 is 0 Å². The SMILES string of the molecule is CCN(CC)c1cccc(O)c1C=Nc1ccccc1N=Cc1c(O)cccc1N(CC)CC. The first-order chi connectivity index (χ1) is 16.5. The summed E-state index contributed by atoms with van der Waals surface area (Å²) in [7, 11) is 0. The summed E-state index contributed by atoms with van der Waals surface area (Å²) >= 11 is 0. The van der Waals surface area contributed by atoms with Crippen molar-refractivity contribution in [3.8, 4) is 11.5 Å². The molecule has 0 aliphatic rings. The molecule has 0 aromatic heterocycles. The van der Waals surface area contributed by atoms with E-state index in [9.17, 15) is 10.2 Å². The van der Waals surface area contributed by atoms with Crippen LogP contribution in [-0.4, -0.2) is 48.8 Å². The number of anilines is 2. The maximum atomic E-state index is 10.5. The van der Waals surface area contributed by atoms with Gasteiger partial charge in [0, 0.05) is 50.0 Å². The number of phenols is 2. The van der Waals surface area contributed by atoms with Gasteiger partial charge in [-0.05, 0) is 64.1 Å². The molecule has 0 fully saturated rings. The highest BCUT2D eigenvalue weighted by Gasteiger charge is 2.12. The van der Waals surface area contributed by atoms with Crippen molar-refractivity contribution >= 4 is 35.2 Å². The van der Waals surface area contributed by atoms with Crippen LogP contribution in [0.2, 0.25) is 0 Å². The number of aliphatic imine (C=N–C) groups is 2. The molecule has 0 bridgehead atoms. The van der Waals surface area contributed by atoms with Crippen LogP contribution in [0, 0.1) is 0 Å². The fraction of sp³-hybridized carbons (Fsp3) is 0.286. The largest absolute Gasteiger partial charge is 0.507 e. The van der Waals surface area contributed by atoms with Gasteiger partial charge in [-0.15, -0.1) is 0 Å². The zero-order valence-electron chi connectivity index (χ0n) is 20.4. The number of nitrogens with zero attached hydrogens (tertiary/aromatic N) is 4. The first-order valence-corrected chi connectivity index (χ1v) is 11.8. The lowest BCUT2D eigenvalue weighted by molar-refractivity contribution is 0.474. The molecule has 3 aromatic carbocycles. The fourth-order valence-electron chi connectivity index (χ4n) is 3.98. The lowest BCUT2D eigenvalue weighted by Crippen LogP contribution is -2.23. The van der Waals surface area contributed by atoms with Crippen LogP contribution in [0.4, 0.5) is 22.7 Å². The predicted molar refractivity (Wildman–Crippen MR) is 144 cm³/mol. The molecule has 178 valence electrons. The number of benzene rings is 3. The second kappa shape index (κ2) is 11.9. The summed E-state index contributed by atoms with van der Waals surface area (Å²) in [4.78, 5) is 13.7. The van der Waals surface area contributed by atoms with Gasteiger partial charge in [0.2, 0.25) is 0 Å². The summed E-state index contributed by atoms with van der Waals surface area (Å²) in [5.74, 6) is 0.374. The molecule has 2 N–H and O–H groups in total. The molecule has 3 rings (SSSR count). The Hall–Kier alpha value is -3.80. The Morgan fingerprint density at radius 1 is 0.588 bits per heavy atom. The van der Waals surface area contributed by atoms with E-state index in [2.05, 4.69) is 47.5 Å². The van der Waals surface area contributed by atoms with Gasteiger partial charge in [-0.25, -0.2) is 0 Å². The highest BCUT2D eigenvalue weighted by Crippen LogP contribution is 2.32. The first kappa shape index (κ1) is 24.8. The number of para-hydroxylation sites is 2. The fourth-order valence-corrected chi connectivity index (χ4v) is 3.98. The van der Waals surface area contributed by atoms with E-state index >= 15 is 0 Å². The monoisotopic (exact) mass is 458 g/mol. The molecule has 0 saturated heterocycles. The van der Waals surface area contributed by atoms with Crippen molar-refractivity contribution in [3.05, 3.63) is 71.8 Å². The normalized spacial score (nSPS) is 11.4. The first-order valence-electron chi connectivity index (χ1n) is 11.8. The summed E-state index contributed by atoms with van der Waals surface area (Å²) in [5.41, 5.74) is 4.57. The standard InChI is InChI=1S/C28H34N4O2/c1-5-31(6-2)25-15-11-17-27(33)21(25)19-29-23-13-9-10-14-24(23)30-20-22-26(32(7-3)8-4)16-12-18-28(22)34/h9-20,33-34H,5-8H2,1-4H3. The molecular formula is C28H34N4O2. The van der Waals surface area contributed by atoms with Crippen LogP contribution in [0.1, 0.15) is 38.8 Å². The van der Waals surface area contributed by atoms with Gasteiger partial charge in [-0.3, -0.25) is 9.98 Å². The number of phenolic OH excluding ortho intramolecular Hbond substituents is 2. The highest BCUT2D eigenvalue weighted by molar-refractivity contribution is 5.95. The number of aromatic hydroxyl groups is 2. The molecule has 3 aromatic rings. The Morgan fingerprint density at radius 2 is 0.971 bits per heavy atom. The third kappa shape index (κ3) is 5.57. The molecular weight excluding hydrogens is 424 g/mol. The van der Waals surface area contributed by atoms with Crippen LogP contribution < -0.4 is 9.80 Å². The van der Waals surface area contributed by atoms with Gasteiger partial charge in [-0.1, -0.05) is 24.3 Å². The Morgan fingerprint density at radius 3 is 1.32 bits per heavy atom. The van der Waals surface area contributed by atoms with E-state index in [1.165, 1.54) is 0 Å². The number of hydrogen-bond donors (Lipinski definition) is 2. The van der Waals surface area contributed by atoms with Crippen LogP contribution in [0.15, 0.2) is 70.6 Å². The summed E-state index contributed by atoms with van der Waals surface area (Å²) in [6, 6.07) is 18.6. The Labute approximate surface area is 202 Å². The van der Waals surface area contributed by atoms with Crippen molar-refractivity contribution in [1.82, 2.24) is 0 Å². The Kier molecular flexibility index (Phi) is 8.68. The zero-order chi connectivity index (χ0) is 24.5. The molecule has 34 heavy (non-hydrogen) atoms. The second-order valence-electron chi connectivity index (χ2n) is 7.77. The molecule has 0 heterocycles. The molecule has 0 spiro atoms. The van der Waals surface area contributed by atoms with E-state index in [0.29, 0.717) is 22.5 Å². The lowest BCUT2D eigenvalue weighted by Gasteiger charge is -2.23.